The molecule has 1 aromatic heterocycles. The van der Waals surface area contributed by atoms with Gasteiger partial charge in [0.25, 0.3) is 0 Å². The predicted molar refractivity (Wildman–Crippen MR) is 88.2 cm³/mol. The van der Waals surface area contributed by atoms with Crippen molar-refractivity contribution in [1.82, 2.24) is 20.4 Å². The summed E-state index contributed by atoms with van der Waals surface area (Å²) in [5, 5.41) is 6.85. The van der Waals surface area contributed by atoms with E-state index in [2.05, 4.69) is 22.4 Å². The van der Waals surface area contributed by atoms with Gasteiger partial charge in [0.1, 0.15) is 6.10 Å². The highest BCUT2D eigenvalue weighted by Gasteiger charge is 2.42. The molecule has 7 heteroatoms. The van der Waals surface area contributed by atoms with Crippen molar-refractivity contribution in [2.75, 3.05) is 6.61 Å². The first-order chi connectivity index (χ1) is 11.6. The number of ether oxygens (including phenoxy) is 1. The lowest BCUT2D eigenvalue weighted by molar-refractivity contribution is 0.0683. The van der Waals surface area contributed by atoms with Crippen LogP contribution in [0.5, 0.6) is 0 Å². The Balaban J connectivity index is 1.55. The fourth-order valence-corrected chi connectivity index (χ4v) is 4.13. The fourth-order valence-electron chi connectivity index (χ4n) is 4.13. The summed E-state index contributed by atoms with van der Waals surface area (Å²) in [7, 11) is 0. The van der Waals surface area contributed by atoms with Gasteiger partial charge in [0, 0.05) is 18.7 Å². The molecule has 0 spiro atoms. The smallest absolute Gasteiger partial charge is 0.318 e. The first kappa shape index (κ1) is 17.2. The molecular formula is C17H28N4O3. The molecule has 0 unspecified atom stereocenters. The van der Waals surface area contributed by atoms with Gasteiger partial charge in [-0.25, -0.2) is 4.79 Å². The molecule has 2 aliphatic rings. The highest BCUT2D eigenvalue weighted by Crippen LogP contribution is 2.39. The summed E-state index contributed by atoms with van der Waals surface area (Å²) < 4.78 is 10.6. The number of likely N-dealkylation sites (tertiary alicyclic amines) is 1. The number of nitrogens with zero attached hydrogens (tertiary/aromatic N) is 3. The SMILES string of the molecule is CCO[C@H](C)c1noc(CNC(=O)N2[C@H](C)C[C@@H]3CCCC[C@@H]32)n1. The lowest BCUT2D eigenvalue weighted by atomic mass is 9.85. The number of urea groups is 1. The topological polar surface area (TPSA) is 80.5 Å². The summed E-state index contributed by atoms with van der Waals surface area (Å²) in [6, 6.07) is 0.675. The quantitative estimate of drug-likeness (QED) is 0.894. The van der Waals surface area contributed by atoms with Gasteiger partial charge in [0.2, 0.25) is 5.89 Å². The van der Waals surface area contributed by atoms with Gasteiger partial charge in [-0.15, -0.1) is 0 Å². The van der Waals surface area contributed by atoms with E-state index in [4.69, 9.17) is 9.26 Å². The van der Waals surface area contributed by atoms with Crippen LogP contribution >= 0.6 is 0 Å². The molecule has 0 radical (unpaired) electrons. The van der Waals surface area contributed by atoms with Gasteiger partial charge in [-0.3, -0.25) is 0 Å². The molecule has 2 heterocycles. The van der Waals surface area contributed by atoms with Gasteiger partial charge in [-0.05, 0) is 46.0 Å². The number of aromatic nitrogens is 2. The summed E-state index contributed by atoms with van der Waals surface area (Å²) in [5.74, 6) is 1.60. The summed E-state index contributed by atoms with van der Waals surface area (Å²) >= 11 is 0. The van der Waals surface area contributed by atoms with Gasteiger partial charge in [-0.1, -0.05) is 18.0 Å². The van der Waals surface area contributed by atoms with Crippen molar-refractivity contribution in [3.05, 3.63) is 11.7 Å². The van der Waals surface area contributed by atoms with Crippen molar-refractivity contribution < 1.29 is 14.1 Å². The van der Waals surface area contributed by atoms with E-state index in [0.29, 0.717) is 36.3 Å². The van der Waals surface area contributed by atoms with Crippen LogP contribution in [-0.4, -0.2) is 39.8 Å². The predicted octanol–water partition coefficient (Wildman–Crippen LogP) is 3.03. The van der Waals surface area contributed by atoms with Crippen LogP contribution in [0.2, 0.25) is 0 Å². The van der Waals surface area contributed by atoms with Crippen LogP contribution in [0.25, 0.3) is 0 Å². The summed E-state index contributed by atoms with van der Waals surface area (Å²) in [5.41, 5.74) is 0. The zero-order chi connectivity index (χ0) is 17.1. The minimum Gasteiger partial charge on any atom is -0.371 e. The van der Waals surface area contributed by atoms with Crippen LogP contribution in [0.3, 0.4) is 0 Å². The van der Waals surface area contributed by atoms with Crippen LogP contribution in [0.1, 0.15) is 70.7 Å². The Kier molecular flexibility index (Phi) is 5.38. The molecular weight excluding hydrogens is 308 g/mol. The van der Waals surface area contributed by atoms with Crippen LogP contribution in [0.4, 0.5) is 4.79 Å². The largest absolute Gasteiger partial charge is 0.371 e. The van der Waals surface area contributed by atoms with E-state index in [1.165, 1.54) is 19.3 Å². The minimum absolute atomic E-state index is 0.0190. The van der Waals surface area contributed by atoms with Crippen molar-refractivity contribution in [2.45, 2.75) is 77.6 Å². The first-order valence-corrected chi connectivity index (χ1v) is 9.10. The zero-order valence-electron chi connectivity index (χ0n) is 14.8. The Morgan fingerprint density at radius 2 is 2.25 bits per heavy atom. The number of hydrogen-bond donors (Lipinski definition) is 1. The van der Waals surface area contributed by atoms with E-state index in [0.717, 1.165) is 12.8 Å². The van der Waals surface area contributed by atoms with E-state index in [1.807, 2.05) is 18.7 Å². The van der Waals surface area contributed by atoms with Crippen LogP contribution < -0.4 is 5.32 Å². The maximum absolute atomic E-state index is 12.6. The number of carbonyl (C=O) groups is 1. The van der Waals surface area contributed by atoms with Crippen molar-refractivity contribution in [1.29, 1.82) is 0 Å². The van der Waals surface area contributed by atoms with Crippen molar-refractivity contribution in [3.8, 4) is 0 Å². The average molecular weight is 336 g/mol. The van der Waals surface area contributed by atoms with E-state index in [9.17, 15) is 4.79 Å². The molecule has 2 fully saturated rings. The molecule has 3 rings (SSSR count). The molecule has 7 nitrogen and oxygen atoms in total. The van der Waals surface area contributed by atoms with Crippen LogP contribution in [-0.2, 0) is 11.3 Å². The Hall–Kier alpha value is -1.63. The maximum atomic E-state index is 12.6. The minimum atomic E-state index is -0.204. The number of amides is 2. The second-order valence-electron chi connectivity index (χ2n) is 6.91. The molecule has 134 valence electrons. The third kappa shape index (κ3) is 3.55. The lowest BCUT2D eigenvalue weighted by Gasteiger charge is -2.33. The molecule has 24 heavy (non-hydrogen) atoms. The Morgan fingerprint density at radius 1 is 1.46 bits per heavy atom. The first-order valence-electron chi connectivity index (χ1n) is 9.10. The molecule has 1 aromatic rings. The Morgan fingerprint density at radius 3 is 3.04 bits per heavy atom. The summed E-state index contributed by atoms with van der Waals surface area (Å²) in [6.45, 7) is 6.80. The number of rotatable bonds is 5. The van der Waals surface area contributed by atoms with Gasteiger partial charge < -0.3 is 19.5 Å². The van der Waals surface area contributed by atoms with Crippen molar-refractivity contribution >= 4 is 6.03 Å². The third-order valence-corrected chi connectivity index (χ3v) is 5.23. The number of carbonyl (C=O) groups excluding carboxylic acids is 1. The molecule has 1 N–H and O–H groups in total. The van der Waals surface area contributed by atoms with E-state index in [-0.39, 0.29) is 18.7 Å². The summed E-state index contributed by atoms with van der Waals surface area (Å²) in [4.78, 5) is 19.0. The third-order valence-electron chi connectivity index (χ3n) is 5.23. The number of fused-ring (bicyclic) bond motifs is 1. The van der Waals surface area contributed by atoms with Crippen molar-refractivity contribution in [3.63, 3.8) is 0 Å². The van der Waals surface area contributed by atoms with E-state index < -0.39 is 0 Å². The van der Waals surface area contributed by atoms with Gasteiger partial charge >= 0.3 is 6.03 Å². The van der Waals surface area contributed by atoms with E-state index >= 15 is 0 Å². The lowest BCUT2D eigenvalue weighted by Crippen LogP contribution is -2.47. The normalized spacial score (nSPS) is 27.8. The molecule has 0 aromatic carbocycles. The van der Waals surface area contributed by atoms with Gasteiger partial charge in [0.05, 0.1) is 6.54 Å². The van der Waals surface area contributed by atoms with E-state index in [1.54, 1.807) is 0 Å². The molecule has 4 atom stereocenters. The second-order valence-corrected chi connectivity index (χ2v) is 6.91. The van der Waals surface area contributed by atoms with Crippen LogP contribution in [0.15, 0.2) is 4.52 Å². The van der Waals surface area contributed by atoms with Crippen LogP contribution in [0, 0.1) is 5.92 Å². The summed E-state index contributed by atoms with van der Waals surface area (Å²) in [6.07, 6.45) is 5.81. The molecule has 1 aliphatic heterocycles. The Bertz CT molecular complexity index is 562. The number of hydrogen-bond acceptors (Lipinski definition) is 5. The molecule has 0 bridgehead atoms. The van der Waals surface area contributed by atoms with Crippen molar-refractivity contribution in [2.24, 2.45) is 5.92 Å². The molecule has 1 saturated carbocycles. The van der Waals surface area contributed by atoms with Gasteiger partial charge in [-0.2, -0.15) is 4.98 Å². The second kappa shape index (κ2) is 7.51. The zero-order valence-corrected chi connectivity index (χ0v) is 14.8. The molecule has 1 aliphatic carbocycles. The van der Waals surface area contributed by atoms with Gasteiger partial charge in [0.15, 0.2) is 5.82 Å². The molecule has 2 amide bonds. The standard InChI is InChI=1S/C17H28N4O3/c1-4-23-12(3)16-19-15(24-20-16)10-18-17(22)21-11(2)9-13-7-5-6-8-14(13)21/h11-14H,4-10H2,1-3H3,(H,18,22)/t11-,12-,13+,14+/m1/s1. The highest BCUT2D eigenvalue weighted by atomic mass is 16.5. The number of nitrogens with one attached hydrogen (secondary N) is 1. The highest BCUT2D eigenvalue weighted by molar-refractivity contribution is 5.75. The monoisotopic (exact) mass is 336 g/mol. The molecule has 1 saturated heterocycles. The fraction of sp³-hybridized carbons (Fsp3) is 0.824. The maximum Gasteiger partial charge on any atom is 0.318 e. The average Bonchev–Trinajstić information content (AvgIpc) is 3.16. The Labute approximate surface area is 143 Å².